The number of benzene rings is 2. The maximum absolute atomic E-state index is 12.8. The fourth-order valence-electron chi connectivity index (χ4n) is 2.70. The molecule has 2 amide bonds. The first-order chi connectivity index (χ1) is 14.1. The first-order valence-electron chi connectivity index (χ1n) is 9.44. The number of methoxy groups -OCH3 is 1. The van der Waals surface area contributed by atoms with E-state index in [2.05, 4.69) is 21.2 Å². The normalized spacial score (nSPS) is 10.7. The topological polar surface area (TPSA) is 67.9 Å². The van der Waals surface area contributed by atoms with E-state index in [1.54, 1.807) is 19.2 Å². The van der Waals surface area contributed by atoms with Gasteiger partial charge in [0.15, 0.2) is 11.5 Å². The maximum atomic E-state index is 12.8. The van der Waals surface area contributed by atoms with Crippen molar-refractivity contribution in [1.82, 2.24) is 4.90 Å². The molecule has 0 atom stereocenters. The second-order valence-corrected chi connectivity index (χ2v) is 8.69. The third-order valence-electron chi connectivity index (χ3n) is 4.23. The number of aryl methyl sites for hydroxylation is 1. The predicted octanol–water partition coefficient (Wildman–Crippen LogP) is 5.17. The Labute approximate surface area is 190 Å². The van der Waals surface area contributed by atoms with Gasteiger partial charge in [0, 0.05) is 22.8 Å². The van der Waals surface area contributed by atoms with Gasteiger partial charge in [0.1, 0.15) is 0 Å². The van der Waals surface area contributed by atoms with Crippen molar-refractivity contribution in [1.29, 1.82) is 0 Å². The Morgan fingerprint density at radius 2 is 1.93 bits per heavy atom. The lowest BCUT2D eigenvalue weighted by Gasteiger charge is -2.19. The number of ether oxygens (including phenoxy) is 2. The van der Waals surface area contributed by atoms with Gasteiger partial charge in [0.25, 0.3) is 5.91 Å². The van der Waals surface area contributed by atoms with Crippen LogP contribution in [0, 0.1) is 12.8 Å². The standard InChI is InChI=1S/C22H26BrClN2O4/c1-13(2)12-30-21-17(24)9-15(10-19(21)29-5)22(28)26(4)11-20(27)25-18-7-6-16(23)8-14(18)3/h6-10,13H,11-12H2,1-5H3,(H,25,27). The van der Waals surface area contributed by atoms with E-state index in [0.717, 1.165) is 10.0 Å². The number of carbonyl (C=O) groups excluding carboxylic acids is 2. The Balaban J connectivity index is 2.11. The second kappa shape index (κ2) is 10.7. The van der Waals surface area contributed by atoms with Gasteiger partial charge >= 0.3 is 0 Å². The van der Waals surface area contributed by atoms with Crippen molar-refractivity contribution in [3.05, 3.63) is 51.0 Å². The predicted molar refractivity (Wildman–Crippen MR) is 123 cm³/mol. The number of carbonyl (C=O) groups is 2. The molecule has 162 valence electrons. The van der Waals surface area contributed by atoms with Gasteiger partial charge in [-0.15, -0.1) is 0 Å². The van der Waals surface area contributed by atoms with Crippen molar-refractivity contribution in [3.8, 4) is 11.5 Å². The molecule has 0 aliphatic heterocycles. The van der Waals surface area contributed by atoms with Crippen LogP contribution < -0.4 is 14.8 Å². The molecule has 2 aromatic rings. The molecule has 2 rings (SSSR count). The van der Waals surface area contributed by atoms with Crippen LogP contribution in [0.3, 0.4) is 0 Å². The molecule has 0 spiro atoms. The van der Waals surface area contributed by atoms with Crippen molar-refractivity contribution in [2.24, 2.45) is 5.92 Å². The van der Waals surface area contributed by atoms with Gasteiger partial charge in [-0.25, -0.2) is 0 Å². The van der Waals surface area contributed by atoms with E-state index < -0.39 is 0 Å². The van der Waals surface area contributed by atoms with E-state index in [1.807, 2.05) is 32.9 Å². The van der Waals surface area contributed by atoms with Crippen LogP contribution in [0.25, 0.3) is 0 Å². The molecule has 30 heavy (non-hydrogen) atoms. The number of amides is 2. The molecule has 8 heteroatoms. The fraction of sp³-hybridized carbons (Fsp3) is 0.364. The quantitative estimate of drug-likeness (QED) is 0.547. The summed E-state index contributed by atoms with van der Waals surface area (Å²) in [5.74, 6) is 0.427. The van der Waals surface area contributed by atoms with E-state index in [-0.39, 0.29) is 23.4 Å². The van der Waals surface area contributed by atoms with Crippen molar-refractivity contribution in [2.45, 2.75) is 20.8 Å². The zero-order chi connectivity index (χ0) is 22.4. The summed E-state index contributed by atoms with van der Waals surface area (Å²) < 4.78 is 12.0. The molecule has 0 heterocycles. The molecule has 0 radical (unpaired) electrons. The van der Waals surface area contributed by atoms with Crippen LogP contribution in [0.1, 0.15) is 29.8 Å². The average molecular weight is 498 g/mol. The zero-order valence-corrected chi connectivity index (χ0v) is 20.1. The first kappa shape index (κ1) is 24.0. The smallest absolute Gasteiger partial charge is 0.254 e. The highest BCUT2D eigenvalue weighted by molar-refractivity contribution is 9.10. The summed E-state index contributed by atoms with van der Waals surface area (Å²) in [5, 5.41) is 3.10. The summed E-state index contributed by atoms with van der Waals surface area (Å²) in [5.41, 5.74) is 1.92. The largest absolute Gasteiger partial charge is 0.493 e. The van der Waals surface area contributed by atoms with Gasteiger partial charge in [-0.05, 0) is 48.7 Å². The number of anilines is 1. The van der Waals surface area contributed by atoms with Crippen LogP contribution in [0.15, 0.2) is 34.8 Å². The number of likely N-dealkylation sites (N-methyl/N-ethyl adjacent to an activating group) is 1. The molecular formula is C22H26BrClN2O4. The number of halogens is 2. The van der Waals surface area contributed by atoms with E-state index in [4.69, 9.17) is 21.1 Å². The lowest BCUT2D eigenvalue weighted by atomic mass is 10.1. The first-order valence-corrected chi connectivity index (χ1v) is 10.6. The van der Waals surface area contributed by atoms with E-state index in [0.29, 0.717) is 35.3 Å². The van der Waals surface area contributed by atoms with E-state index in [1.165, 1.54) is 18.1 Å². The lowest BCUT2D eigenvalue weighted by Crippen LogP contribution is -2.35. The number of rotatable bonds is 8. The Kier molecular flexibility index (Phi) is 8.55. The van der Waals surface area contributed by atoms with Gasteiger partial charge in [-0.1, -0.05) is 41.4 Å². The number of nitrogens with zero attached hydrogens (tertiary/aromatic N) is 1. The monoisotopic (exact) mass is 496 g/mol. The zero-order valence-electron chi connectivity index (χ0n) is 17.7. The molecule has 1 N–H and O–H groups in total. The highest BCUT2D eigenvalue weighted by Crippen LogP contribution is 2.37. The molecule has 0 aromatic heterocycles. The van der Waals surface area contributed by atoms with Crippen molar-refractivity contribution < 1.29 is 19.1 Å². The number of hydrogen-bond acceptors (Lipinski definition) is 4. The summed E-state index contributed by atoms with van der Waals surface area (Å²) in [6.07, 6.45) is 0. The molecule has 6 nitrogen and oxygen atoms in total. The minimum absolute atomic E-state index is 0.111. The van der Waals surface area contributed by atoms with Crippen molar-refractivity contribution in [3.63, 3.8) is 0 Å². The van der Waals surface area contributed by atoms with Gasteiger partial charge < -0.3 is 19.7 Å². The van der Waals surface area contributed by atoms with E-state index >= 15 is 0 Å². The van der Waals surface area contributed by atoms with Gasteiger partial charge in [0.2, 0.25) is 5.91 Å². The summed E-state index contributed by atoms with van der Waals surface area (Å²) in [6.45, 7) is 6.30. The minimum Gasteiger partial charge on any atom is -0.493 e. The molecule has 0 aliphatic rings. The van der Waals surface area contributed by atoms with Gasteiger partial charge in [0.05, 0.1) is 25.3 Å². The Morgan fingerprint density at radius 1 is 1.23 bits per heavy atom. The molecular weight excluding hydrogens is 472 g/mol. The molecule has 0 saturated carbocycles. The number of nitrogens with one attached hydrogen (secondary N) is 1. The SMILES string of the molecule is COc1cc(C(=O)N(C)CC(=O)Nc2ccc(Br)cc2C)cc(Cl)c1OCC(C)C. The molecule has 0 aliphatic carbocycles. The average Bonchev–Trinajstić information content (AvgIpc) is 2.67. The number of hydrogen-bond donors (Lipinski definition) is 1. The Morgan fingerprint density at radius 3 is 2.53 bits per heavy atom. The molecule has 0 saturated heterocycles. The molecule has 0 bridgehead atoms. The van der Waals surface area contributed by atoms with E-state index in [9.17, 15) is 9.59 Å². The fourth-order valence-corrected chi connectivity index (χ4v) is 3.44. The Hall–Kier alpha value is -2.25. The van der Waals surface area contributed by atoms with Gasteiger partial charge in [-0.2, -0.15) is 0 Å². The molecule has 2 aromatic carbocycles. The minimum atomic E-state index is -0.353. The van der Waals surface area contributed by atoms with Crippen LogP contribution in [-0.4, -0.2) is 44.0 Å². The van der Waals surface area contributed by atoms with Crippen LogP contribution in [0.2, 0.25) is 5.02 Å². The van der Waals surface area contributed by atoms with Crippen LogP contribution in [-0.2, 0) is 4.79 Å². The second-order valence-electron chi connectivity index (χ2n) is 7.36. The van der Waals surface area contributed by atoms with Gasteiger partial charge in [-0.3, -0.25) is 9.59 Å². The molecule has 0 unspecified atom stereocenters. The molecule has 0 fully saturated rings. The maximum Gasteiger partial charge on any atom is 0.254 e. The van der Waals surface area contributed by atoms with Crippen molar-refractivity contribution in [2.75, 3.05) is 32.6 Å². The third kappa shape index (κ3) is 6.37. The summed E-state index contributed by atoms with van der Waals surface area (Å²) in [4.78, 5) is 26.6. The van der Waals surface area contributed by atoms with Crippen molar-refractivity contribution >= 4 is 45.0 Å². The third-order valence-corrected chi connectivity index (χ3v) is 5.00. The Bertz CT molecular complexity index is 934. The highest BCUT2D eigenvalue weighted by Gasteiger charge is 2.20. The lowest BCUT2D eigenvalue weighted by molar-refractivity contribution is -0.116. The summed E-state index contributed by atoms with van der Waals surface area (Å²) in [7, 11) is 3.04. The van der Waals surface area contributed by atoms with Crippen LogP contribution >= 0.6 is 27.5 Å². The van der Waals surface area contributed by atoms with Crippen LogP contribution in [0.5, 0.6) is 11.5 Å². The highest BCUT2D eigenvalue weighted by atomic mass is 79.9. The summed E-state index contributed by atoms with van der Waals surface area (Å²) in [6, 6.07) is 8.64. The van der Waals surface area contributed by atoms with Crippen LogP contribution in [0.4, 0.5) is 5.69 Å². The summed E-state index contributed by atoms with van der Waals surface area (Å²) >= 11 is 9.72.